The minimum Gasteiger partial charge on any atom is -0.494 e. The third kappa shape index (κ3) is 3.55. The monoisotopic (exact) mass is 277 g/mol. The van der Waals surface area contributed by atoms with Gasteiger partial charge in [-0.3, -0.25) is 5.43 Å². The van der Waals surface area contributed by atoms with E-state index in [-0.39, 0.29) is 11.8 Å². The van der Waals surface area contributed by atoms with Gasteiger partial charge in [-0.25, -0.2) is 15.2 Å². The highest BCUT2D eigenvalue weighted by Crippen LogP contribution is 2.21. The van der Waals surface area contributed by atoms with E-state index in [1.807, 2.05) is 6.92 Å². The molecule has 0 spiro atoms. The lowest BCUT2D eigenvalue weighted by Gasteiger charge is -2.09. The van der Waals surface area contributed by atoms with Crippen LogP contribution in [0.15, 0.2) is 30.5 Å². The average molecular weight is 277 g/mol. The summed E-state index contributed by atoms with van der Waals surface area (Å²) in [5.74, 6) is 5.58. The number of nitrogens with two attached hydrogens (primary N) is 1. The van der Waals surface area contributed by atoms with Crippen molar-refractivity contribution >= 4 is 17.5 Å². The quantitative estimate of drug-likeness (QED) is 0.555. The van der Waals surface area contributed by atoms with Crippen molar-refractivity contribution < 1.29 is 9.13 Å². The minimum atomic E-state index is -0.560. The van der Waals surface area contributed by atoms with Crippen molar-refractivity contribution in [3.8, 4) is 5.75 Å². The van der Waals surface area contributed by atoms with Crippen LogP contribution in [-0.4, -0.2) is 16.6 Å². The van der Waals surface area contributed by atoms with Gasteiger partial charge in [0.1, 0.15) is 5.75 Å². The highest BCUT2D eigenvalue weighted by molar-refractivity contribution is 5.58. The number of rotatable bonds is 6. The van der Waals surface area contributed by atoms with Gasteiger partial charge in [-0.1, -0.05) is 6.92 Å². The Morgan fingerprint density at radius 1 is 1.30 bits per heavy atom. The largest absolute Gasteiger partial charge is 0.494 e. The summed E-state index contributed by atoms with van der Waals surface area (Å²) in [6, 6.07) is 7.17. The van der Waals surface area contributed by atoms with Crippen LogP contribution in [0, 0.1) is 5.82 Å². The molecule has 0 radical (unpaired) electrons. The molecule has 0 aliphatic heterocycles. The minimum absolute atomic E-state index is 0.0511. The van der Waals surface area contributed by atoms with E-state index in [1.54, 1.807) is 24.3 Å². The highest BCUT2D eigenvalue weighted by atomic mass is 19.1. The molecule has 2 aromatic rings. The average Bonchev–Trinajstić information content (AvgIpc) is 2.49. The van der Waals surface area contributed by atoms with E-state index in [0.717, 1.165) is 18.4 Å². The Morgan fingerprint density at radius 2 is 2.05 bits per heavy atom. The van der Waals surface area contributed by atoms with E-state index in [9.17, 15) is 4.39 Å². The van der Waals surface area contributed by atoms with Gasteiger partial charge in [0.2, 0.25) is 5.95 Å². The number of nitrogen functional groups attached to an aromatic ring is 1. The molecule has 1 aromatic heterocycles. The summed E-state index contributed by atoms with van der Waals surface area (Å²) in [6.07, 6.45) is 1.99. The predicted molar refractivity (Wildman–Crippen MR) is 75.3 cm³/mol. The van der Waals surface area contributed by atoms with Gasteiger partial charge < -0.3 is 10.1 Å². The first-order chi connectivity index (χ1) is 9.72. The summed E-state index contributed by atoms with van der Waals surface area (Å²) >= 11 is 0. The Morgan fingerprint density at radius 3 is 2.70 bits per heavy atom. The number of hydrogen-bond donors (Lipinski definition) is 3. The number of nitrogens with zero attached hydrogens (tertiary/aromatic N) is 2. The van der Waals surface area contributed by atoms with E-state index in [4.69, 9.17) is 10.6 Å². The van der Waals surface area contributed by atoms with Crippen LogP contribution in [0.4, 0.5) is 21.8 Å². The van der Waals surface area contributed by atoms with Crippen LogP contribution in [-0.2, 0) is 0 Å². The molecule has 0 bridgehead atoms. The van der Waals surface area contributed by atoms with E-state index in [1.165, 1.54) is 0 Å². The summed E-state index contributed by atoms with van der Waals surface area (Å²) in [5.41, 5.74) is 2.95. The van der Waals surface area contributed by atoms with Gasteiger partial charge in [0, 0.05) is 5.69 Å². The molecular weight excluding hydrogens is 261 g/mol. The van der Waals surface area contributed by atoms with Crippen molar-refractivity contribution in [3.63, 3.8) is 0 Å². The number of halogens is 1. The van der Waals surface area contributed by atoms with Crippen molar-refractivity contribution in [1.82, 2.24) is 9.97 Å². The van der Waals surface area contributed by atoms with Gasteiger partial charge in [0.15, 0.2) is 11.6 Å². The molecule has 2 rings (SSSR count). The van der Waals surface area contributed by atoms with Crippen molar-refractivity contribution in [1.29, 1.82) is 0 Å². The summed E-state index contributed by atoms with van der Waals surface area (Å²) in [6.45, 7) is 2.70. The molecule has 4 N–H and O–H groups in total. The van der Waals surface area contributed by atoms with Crippen LogP contribution >= 0.6 is 0 Å². The second-order valence-electron chi connectivity index (χ2n) is 4.03. The van der Waals surface area contributed by atoms with Gasteiger partial charge >= 0.3 is 0 Å². The lowest BCUT2D eigenvalue weighted by molar-refractivity contribution is 0.317. The Kier molecular flexibility index (Phi) is 4.67. The number of nitrogens with one attached hydrogen (secondary N) is 2. The van der Waals surface area contributed by atoms with E-state index in [2.05, 4.69) is 20.7 Å². The molecule has 7 heteroatoms. The molecule has 0 fully saturated rings. The first-order valence-electron chi connectivity index (χ1n) is 6.22. The summed E-state index contributed by atoms with van der Waals surface area (Å²) < 4.78 is 19.0. The van der Waals surface area contributed by atoms with Crippen LogP contribution in [0.3, 0.4) is 0 Å². The van der Waals surface area contributed by atoms with Gasteiger partial charge in [-0.2, -0.15) is 4.98 Å². The fraction of sp³-hybridized carbons (Fsp3) is 0.231. The molecule has 0 unspecified atom stereocenters. The molecular formula is C13H16FN5O. The number of ether oxygens (including phenoxy) is 1. The van der Waals surface area contributed by atoms with Crippen molar-refractivity contribution in [3.05, 3.63) is 36.3 Å². The van der Waals surface area contributed by atoms with Crippen LogP contribution < -0.4 is 21.3 Å². The number of benzene rings is 1. The lowest BCUT2D eigenvalue weighted by Crippen LogP contribution is -2.11. The maximum absolute atomic E-state index is 13.6. The predicted octanol–water partition coefficient (Wildman–Crippen LogP) is 2.43. The highest BCUT2D eigenvalue weighted by Gasteiger charge is 2.06. The normalized spacial score (nSPS) is 10.2. The van der Waals surface area contributed by atoms with Gasteiger partial charge in [-0.15, -0.1) is 0 Å². The molecule has 0 aliphatic carbocycles. The fourth-order valence-corrected chi connectivity index (χ4v) is 1.52. The second-order valence-corrected chi connectivity index (χ2v) is 4.03. The maximum atomic E-state index is 13.6. The Hall–Kier alpha value is -2.41. The number of anilines is 3. The molecule has 20 heavy (non-hydrogen) atoms. The van der Waals surface area contributed by atoms with Crippen LogP contribution in [0.2, 0.25) is 0 Å². The summed E-state index contributed by atoms with van der Waals surface area (Å²) in [5, 5.41) is 2.85. The zero-order valence-corrected chi connectivity index (χ0v) is 11.1. The van der Waals surface area contributed by atoms with Crippen LogP contribution in [0.1, 0.15) is 13.3 Å². The van der Waals surface area contributed by atoms with E-state index < -0.39 is 5.82 Å². The Balaban J connectivity index is 2.09. The maximum Gasteiger partial charge on any atom is 0.239 e. The lowest BCUT2D eigenvalue weighted by atomic mass is 10.3. The number of hydrogen-bond acceptors (Lipinski definition) is 6. The number of hydrazine groups is 1. The Bertz CT molecular complexity index is 561. The first-order valence-corrected chi connectivity index (χ1v) is 6.22. The molecule has 0 aliphatic rings. The van der Waals surface area contributed by atoms with Gasteiger partial charge in [0.25, 0.3) is 0 Å². The zero-order chi connectivity index (χ0) is 14.4. The Labute approximate surface area is 116 Å². The summed E-state index contributed by atoms with van der Waals surface area (Å²) in [7, 11) is 0. The van der Waals surface area contributed by atoms with E-state index >= 15 is 0 Å². The standard InChI is InChI=1S/C13H16FN5O/c1-2-7-20-10-5-3-9(4-6-10)17-12-11(14)8-16-13(18-12)19-15/h3-6,8H,2,7,15H2,1H3,(H2,16,17,18,19). The van der Waals surface area contributed by atoms with Crippen molar-refractivity contribution in [2.45, 2.75) is 13.3 Å². The van der Waals surface area contributed by atoms with Crippen molar-refractivity contribution in [2.75, 3.05) is 17.3 Å². The molecule has 106 valence electrons. The zero-order valence-electron chi connectivity index (χ0n) is 11.1. The smallest absolute Gasteiger partial charge is 0.239 e. The molecule has 0 saturated heterocycles. The second kappa shape index (κ2) is 6.67. The molecule has 6 nitrogen and oxygen atoms in total. The van der Waals surface area contributed by atoms with Crippen LogP contribution in [0.25, 0.3) is 0 Å². The van der Waals surface area contributed by atoms with Crippen molar-refractivity contribution in [2.24, 2.45) is 5.84 Å². The molecule has 1 aromatic carbocycles. The fourth-order valence-electron chi connectivity index (χ4n) is 1.52. The van der Waals surface area contributed by atoms with Crippen LogP contribution in [0.5, 0.6) is 5.75 Å². The molecule has 0 amide bonds. The number of aromatic nitrogens is 2. The molecule has 0 saturated carbocycles. The third-order valence-corrected chi connectivity index (χ3v) is 2.46. The summed E-state index contributed by atoms with van der Waals surface area (Å²) in [4.78, 5) is 7.56. The molecule has 0 atom stereocenters. The van der Waals surface area contributed by atoms with Gasteiger partial charge in [-0.05, 0) is 30.7 Å². The third-order valence-electron chi connectivity index (χ3n) is 2.46. The van der Waals surface area contributed by atoms with E-state index in [0.29, 0.717) is 12.3 Å². The molecule has 1 heterocycles. The topological polar surface area (TPSA) is 85.1 Å². The van der Waals surface area contributed by atoms with Gasteiger partial charge in [0.05, 0.1) is 12.8 Å². The first kappa shape index (κ1) is 14.0. The SMILES string of the molecule is CCCOc1ccc(Nc2nc(NN)ncc2F)cc1.